The summed E-state index contributed by atoms with van der Waals surface area (Å²) in [5, 5.41) is 6.31. The highest BCUT2D eigenvalue weighted by Crippen LogP contribution is 2.16. The molecule has 1 saturated heterocycles. The molecule has 4 nitrogen and oxygen atoms in total. The first-order valence-electron chi connectivity index (χ1n) is 7.21. The van der Waals surface area contributed by atoms with Gasteiger partial charge in [0, 0.05) is 25.6 Å². The zero-order chi connectivity index (χ0) is 14.5. The molecule has 1 atom stereocenters. The van der Waals surface area contributed by atoms with Gasteiger partial charge in [-0.25, -0.2) is 0 Å². The fraction of sp³-hybridized carbons (Fsp3) is 0.562. The second kappa shape index (κ2) is 8.37. The maximum absolute atomic E-state index is 12.0. The molecule has 2 N–H and O–H groups in total. The lowest BCUT2D eigenvalue weighted by Crippen LogP contribution is -2.44. The van der Waals surface area contributed by atoms with Gasteiger partial charge in [0.25, 0.3) is 0 Å². The van der Waals surface area contributed by atoms with Crippen LogP contribution in [0.15, 0.2) is 12.1 Å². The Balaban J connectivity index is 0.00000220. The molecule has 0 radical (unpaired) electrons. The lowest BCUT2D eigenvalue weighted by atomic mass is 10.00. The zero-order valence-electron chi connectivity index (χ0n) is 13.0. The van der Waals surface area contributed by atoms with E-state index in [0.29, 0.717) is 19.6 Å². The summed E-state index contributed by atoms with van der Waals surface area (Å²) < 4.78 is 5.35. The highest BCUT2D eigenvalue weighted by molar-refractivity contribution is 5.85. The molecular formula is C16H25ClN2O2. The molecule has 1 aliphatic rings. The van der Waals surface area contributed by atoms with E-state index in [-0.39, 0.29) is 24.4 Å². The lowest BCUT2D eigenvalue weighted by Gasteiger charge is -2.23. The van der Waals surface area contributed by atoms with Crippen molar-refractivity contribution in [3.8, 4) is 0 Å². The van der Waals surface area contributed by atoms with Gasteiger partial charge in [-0.15, -0.1) is 12.4 Å². The number of rotatable bonds is 4. The molecule has 0 spiro atoms. The fourth-order valence-electron chi connectivity index (χ4n) is 2.72. The van der Waals surface area contributed by atoms with Crippen LogP contribution < -0.4 is 10.6 Å². The van der Waals surface area contributed by atoms with Crippen molar-refractivity contribution < 1.29 is 9.53 Å². The quantitative estimate of drug-likeness (QED) is 0.894. The largest absolute Gasteiger partial charge is 0.378 e. The van der Waals surface area contributed by atoms with Gasteiger partial charge in [0.15, 0.2) is 0 Å². The number of carbonyl (C=O) groups excluding carboxylic acids is 1. The minimum absolute atomic E-state index is 0. The van der Waals surface area contributed by atoms with Crippen molar-refractivity contribution in [2.75, 3.05) is 19.8 Å². The van der Waals surface area contributed by atoms with Gasteiger partial charge in [-0.2, -0.15) is 0 Å². The van der Waals surface area contributed by atoms with Crippen molar-refractivity contribution >= 4 is 18.3 Å². The van der Waals surface area contributed by atoms with Gasteiger partial charge in [0.2, 0.25) is 5.91 Å². The predicted molar refractivity (Wildman–Crippen MR) is 87.0 cm³/mol. The van der Waals surface area contributed by atoms with Crippen LogP contribution in [0, 0.1) is 20.8 Å². The number of morpholine rings is 1. The molecule has 1 heterocycles. The molecule has 0 aliphatic carbocycles. The molecule has 1 aromatic rings. The SMILES string of the molecule is Cc1cc(C)c(CNC(=O)CC2COCCN2)c(C)c1.Cl. The first kappa shape index (κ1) is 18.0. The smallest absolute Gasteiger partial charge is 0.221 e. The van der Waals surface area contributed by atoms with Crippen molar-refractivity contribution in [3.05, 3.63) is 34.4 Å². The molecule has 118 valence electrons. The highest BCUT2D eigenvalue weighted by atomic mass is 35.5. The van der Waals surface area contributed by atoms with Gasteiger partial charge in [0.1, 0.15) is 0 Å². The Morgan fingerprint density at radius 2 is 2.00 bits per heavy atom. The molecular weight excluding hydrogens is 288 g/mol. The number of nitrogens with one attached hydrogen (secondary N) is 2. The number of aryl methyl sites for hydroxylation is 3. The molecule has 1 fully saturated rings. The van der Waals surface area contributed by atoms with E-state index in [9.17, 15) is 4.79 Å². The molecule has 0 aromatic heterocycles. The van der Waals surface area contributed by atoms with Crippen molar-refractivity contribution in [2.45, 2.75) is 39.8 Å². The van der Waals surface area contributed by atoms with Crippen LogP contribution >= 0.6 is 12.4 Å². The monoisotopic (exact) mass is 312 g/mol. The van der Waals surface area contributed by atoms with Crippen LogP contribution in [0.1, 0.15) is 28.7 Å². The summed E-state index contributed by atoms with van der Waals surface area (Å²) in [6, 6.07) is 4.46. The third kappa shape index (κ3) is 5.30. The average Bonchev–Trinajstić information content (AvgIpc) is 2.38. The van der Waals surface area contributed by atoms with Crippen LogP contribution in [-0.2, 0) is 16.1 Å². The maximum Gasteiger partial charge on any atom is 0.221 e. The average molecular weight is 313 g/mol. The zero-order valence-corrected chi connectivity index (χ0v) is 13.8. The first-order chi connectivity index (χ1) is 9.56. The second-order valence-electron chi connectivity index (χ2n) is 5.58. The molecule has 0 bridgehead atoms. The summed E-state index contributed by atoms with van der Waals surface area (Å²) in [6.07, 6.45) is 0.476. The van der Waals surface area contributed by atoms with E-state index in [1.165, 1.54) is 22.3 Å². The van der Waals surface area contributed by atoms with Crippen LogP contribution in [-0.4, -0.2) is 31.7 Å². The van der Waals surface area contributed by atoms with E-state index in [2.05, 4.69) is 43.5 Å². The van der Waals surface area contributed by atoms with E-state index >= 15 is 0 Å². The van der Waals surface area contributed by atoms with Gasteiger partial charge >= 0.3 is 0 Å². The van der Waals surface area contributed by atoms with E-state index in [1.807, 2.05) is 0 Å². The second-order valence-corrected chi connectivity index (χ2v) is 5.58. The predicted octanol–water partition coefficient (Wildman–Crippen LogP) is 2.03. The number of carbonyl (C=O) groups is 1. The van der Waals surface area contributed by atoms with E-state index in [0.717, 1.165) is 13.2 Å². The summed E-state index contributed by atoms with van der Waals surface area (Å²) in [4.78, 5) is 12.0. The Kier molecular flexibility index (Phi) is 7.15. The summed E-state index contributed by atoms with van der Waals surface area (Å²) in [7, 11) is 0. The molecule has 21 heavy (non-hydrogen) atoms. The Morgan fingerprint density at radius 1 is 1.33 bits per heavy atom. The Bertz CT molecular complexity index is 462. The molecule has 5 heteroatoms. The summed E-state index contributed by atoms with van der Waals surface area (Å²) in [5.41, 5.74) is 4.96. The van der Waals surface area contributed by atoms with Gasteiger partial charge in [-0.05, 0) is 37.5 Å². The van der Waals surface area contributed by atoms with Crippen LogP contribution in [0.2, 0.25) is 0 Å². The minimum atomic E-state index is 0. The summed E-state index contributed by atoms with van der Waals surface area (Å²) in [6.45, 7) is 9.07. The van der Waals surface area contributed by atoms with Crippen molar-refractivity contribution in [3.63, 3.8) is 0 Å². The van der Waals surface area contributed by atoms with Crippen molar-refractivity contribution in [1.29, 1.82) is 0 Å². The minimum Gasteiger partial charge on any atom is -0.378 e. The summed E-state index contributed by atoms with van der Waals surface area (Å²) >= 11 is 0. The third-order valence-corrected chi connectivity index (χ3v) is 3.73. The van der Waals surface area contributed by atoms with Gasteiger partial charge in [-0.3, -0.25) is 4.79 Å². The topological polar surface area (TPSA) is 50.4 Å². The summed E-state index contributed by atoms with van der Waals surface area (Å²) in [5.74, 6) is 0.0763. The number of amides is 1. The Labute approximate surface area is 133 Å². The molecule has 1 amide bonds. The molecule has 1 aliphatic heterocycles. The Morgan fingerprint density at radius 3 is 2.57 bits per heavy atom. The molecule has 2 rings (SSSR count). The maximum atomic E-state index is 12.0. The number of hydrogen-bond donors (Lipinski definition) is 2. The van der Waals surface area contributed by atoms with Crippen LogP contribution in [0.3, 0.4) is 0 Å². The fourth-order valence-corrected chi connectivity index (χ4v) is 2.72. The highest BCUT2D eigenvalue weighted by Gasteiger charge is 2.16. The number of ether oxygens (including phenoxy) is 1. The standard InChI is InChI=1S/C16H24N2O2.ClH/c1-11-6-12(2)15(13(3)7-11)9-18-16(19)8-14-10-20-5-4-17-14;/h6-7,14,17H,4-5,8-10H2,1-3H3,(H,18,19);1H. The van der Waals surface area contributed by atoms with Crippen molar-refractivity contribution in [2.24, 2.45) is 0 Å². The van der Waals surface area contributed by atoms with Crippen molar-refractivity contribution in [1.82, 2.24) is 10.6 Å². The van der Waals surface area contributed by atoms with Crippen LogP contribution in [0.5, 0.6) is 0 Å². The normalized spacial score (nSPS) is 18.0. The Hall–Kier alpha value is -1.10. The number of halogens is 1. The van der Waals surface area contributed by atoms with Gasteiger partial charge < -0.3 is 15.4 Å². The van der Waals surface area contributed by atoms with E-state index in [1.54, 1.807) is 0 Å². The van der Waals surface area contributed by atoms with E-state index < -0.39 is 0 Å². The van der Waals surface area contributed by atoms with Crippen LogP contribution in [0.4, 0.5) is 0 Å². The van der Waals surface area contributed by atoms with Crippen LogP contribution in [0.25, 0.3) is 0 Å². The van der Waals surface area contributed by atoms with Gasteiger partial charge in [0.05, 0.1) is 13.2 Å². The lowest BCUT2D eigenvalue weighted by molar-refractivity contribution is -0.122. The third-order valence-electron chi connectivity index (χ3n) is 3.73. The molecule has 1 aromatic carbocycles. The molecule has 0 saturated carbocycles. The van der Waals surface area contributed by atoms with Gasteiger partial charge in [-0.1, -0.05) is 17.7 Å². The first-order valence-corrected chi connectivity index (χ1v) is 7.21. The van der Waals surface area contributed by atoms with E-state index in [4.69, 9.17) is 4.74 Å². The number of hydrogen-bond acceptors (Lipinski definition) is 3. The number of benzene rings is 1. The molecule has 1 unspecified atom stereocenters.